The van der Waals surface area contributed by atoms with Crippen LogP contribution in [0.15, 0.2) is 34.9 Å². The van der Waals surface area contributed by atoms with Crippen LogP contribution in [0.2, 0.25) is 0 Å². The molecule has 0 aliphatic carbocycles. The summed E-state index contributed by atoms with van der Waals surface area (Å²) < 4.78 is 16.2. The van der Waals surface area contributed by atoms with Crippen LogP contribution in [0.4, 0.5) is 0 Å². The number of amides is 1. The molecule has 29 heavy (non-hydrogen) atoms. The van der Waals surface area contributed by atoms with Gasteiger partial charge in [-0.05, 0) is 38.1 Å². The maximum Gasteiger partial charge on any atom is 0.223 e. The molecular formula is C22H31N3O4. The van der Waals surface area contributed by atoms with Gasteiger partial charge in [-0.25, -0.2) is 4.98 Å². The molecule has 2 atom stereocenters. The van der Waals surface area contributed by atoms with E-state index in [0.717, 1.165) is 30.9 Å². The summed E-state index contributed by atoms with van der Waals surface area (Å²) in [6, 6.07) is 8.27. The van der Waals surface area contributed by atoms with Crippen LogP contribution >= 0.6 is 0 Å². The molecule has 1 aliphatic rings. The van der Waals surface area contributed by atoms with Crippen LogP contribution < -0.4 is 4.74 Å². The van der Waals surface area contributed by atoms with Crippen molar-refractivity contribution in [2.45, 2.75) is 38.8 Å². The van der Waals surface area contributed by atoms with Gasteiger partial charge in [0.05, 0.1) is 19.9 Å². The fraction of sp³-hybridized carbons (Fsp3) is 0.545. The average molecular weight is 402 g/mol. The molecule has 1 aliphatic heterocycles. The molecular weight excluding hydrogens is 370 g/mol. The molecule has 7 heteroatoms. The van der Waals surface area contributed by atoms with Crippen molar-refractivity contribution in [2.24, 2.45) is 0 Å². The van der Waals surface area contributed by atoms with Crippen molar-refractivity contribution < 1.29 is 18.7 Å². The molecule has 0 saturated carbocycles. The number of rotatable bonds is 8. The number of oxazole rings is 1. The van der Waals surface area contributed by atoms with Crippen molar-refractivity contribution in [3.05, 3.63) is 36.4 Å². The first kappa shape index (κ1) is 21.3. The Bertz CT molecular complexity index is 778. The number of carbonyl (C=O) groups is 1. The Hall–Kier alpha value is -2.38. The SMILES string of the molecule is COCCN1[C@H](C)CN(C(=O)CCc2ncc(-c3ccc(OC)cc3)o2)C[C@@H]1C. The molecule has 1 aromatic carbocycles. The first-order valence-electron chi connectivity index (χ1n) is 10.1. The summed E-state index contributed by atoms with van der Waals surface area (Å²) in [5.41, 5.74) is 0.936. The first-order chi connectivity index (χ1) is 14.0. The number of methoxy groups -OCH3 is 2. The van der Waals surface area contributed by atoms with E-state index in [-0.39, 0.29) is 5.91 Å². The topological polar surface area (TPSA) is 68.0 Å². The second-order valence-electron chi connectivity index (χ2n) is 7.57. The summed E-state index contributed by atoms with van der Waals surface area (Å²) in [5.74, 6) is 2.23. The Morgan fingerprint density at radius 3 is 2.48 bits per heavy atom. The van der Waals surface area contributed by atoms with Crippen LogP contribution in [-0.2, 0) is 16.0 Å². The fourth-order valence-corrected chi connectivity index (χ4v) is 3.88. The molecule has 3 rings (SSSR count). The molecule has 2 aromatic rings. The van der Waals surface area contributed by atoms with Gasteiger partial charge < -0.3 is 18.8 Å². The lowest BCUT2D eigenvalue weighted by molar-refractivity contribution is -0.135. The van der Waals surface area contributed by atoms with Crippen molar-refractivity contribution in [3.8, 4) is 17.1 Å². The summed E-state index contributed by atoms with van der Waals surface area (Å²) in [4.78, 5) is 21.4. The van der Waals surface area contributed by atoms with E-state index < -0.39 is 0 Å². The predicted octanol–water partition coefficient (Wildman–Crippen LogP) is 2.85. The number of aromatic nitrogens is 1. The van der Waals surface area contributed by atoms with E-state index in [4.69, 9.17) is 13.9 Å². The van der Waals surface area contributed by atoms with Crippen LogP contribution in [0, 0.1) is 0 Å². The molecule has 2 heterocycles. The molecule has 0 radical (unpaired) electrons. The number of hydrogen-bond donors (Lipinski definition) is 0. The Balaban J connectivity index is 1.52. The number of nitrogens with zero attached hydrogens (tertiary/aromatic N) is 3. The second kappa shape index (κ2) is 9.89. The van der Waals surface area contributed by atoms with E-state index in [0.29, 0.717) is 43.2 Å². The highest BCUT2D eigenvalue weighted by Crippen LogP contribution is 2.24. The zero-order valence-electron chi connectivity index (χ0n) is 17.8. The summed E-state index contributed by atoms with van der Waals surface area (Å²) in [6.07, 6.45) is 2.61. The standard InChI is InChI=1S/C22H31N3O4/c1-16-14-24(15-17(2)25(16)11-12-27-3)22(26)10-9-21-23-13-20(29-21)18-5-7-19(28-4)8-6-18/h5-8,13,16-17H,9-12,14-15H2,1-4H3/t16-,17+. The average Bonchev–Trinajstić information content (AvgIpc) is 3.20. The largest absolute Gasteiger partial charge is 0.497 e. The van der Waals surface area contributed by atoms with Gasteiger partial charge in [-0.1, -0.05) is 0 Å². The van der Waals surface area contributed by atoms with Crippen molar-refractivity contribution in [2.75, 3.05) is 40.5 Å². The van der Waals surface area contributed by atoms with E-state index in [2.05, 4.69) is 23.7 Å². The number of piperazine rings is 1. The third-order valence-electron chi connectivity index (χ3n) is 5.49. The minimum absolute atomic E-state index is 0.152. The van der Waals surface area contributed by atoms with E-state index >= 15 is 0 Å². The number of hydrogen-bond acceptors (Lipinski definition) is 6. The lowest BCUT2D eigenvalue weighted by atomic mass is 10.1. The van der Waals surface area contributed by atoms with Crippen molar-refractivity contribution >= 4 is 5.91 Å². The van der Waals surface area contributed by atoms with Gasteiger partial charge in [-0.2, -0.15) is 0 Å². The normalized spacial score (nSPS) is 20.1. The molecule has 158 valence electrons. The van der Waals surface area contributed by atoms with Gasteiger partial charge >= 0.3 is 0 Å². The number of benzene rings is 1. The molecule has 0 N–H and O–H groups in total. The van der Waals surface area contributed by atoms with Gasteiger partial charge in [-0.15, -0.1) is 0 Å². The highest BCUT2D eigenvalue weighted by molar-refractivity contribution is 5.76. The van der Waals surface area contributed by atoms with Crippen LogP contribution in [0.3, 0.4) is 0 Å². The van der Waals surface area contributed by atoms with E-state index in [9.17, 15) is 4.79 Å². The molecule has 0 unspecified atom stereocenters. The summed E-state index contributed by atoms with van der Waals surface area (Å²) in [7, 11) is 3.36. The smallest absolute Gasteiger partial charge is 0.223 e. The number of ether oxygens (including phenoxy) is 2. The van der Waals surface area contributed by atoms with Gasteiger partial charge in [0.15, 0.2) is 11.7 Å². The Morgan fingerprint density at radius 1 is 1.17 bits per heavy atom. The van der Waals surface area contributed by atoms with E-state index in [1.165, 1.54) is 0 Å². The van der Waals surface area contributed by atoms with Crippen molar-refractivity contribution in [1.29, 1.82) is 0 Å². The van der Waals surface area contributed by atoms with Crippen LogP contribution in [-0.4, -0.2) is 73.2 Å². The zero-order chi connectivity index (χ0) is 20.8. The third kappa shape index (κ3) is 5.36. The predicted molar refractivity (Wildman–Crippen MR) is 111 cm³/mol. The van der Waals surface area contributed by atoms with Crippen LogP contribution in [0.25, 0.3) is 11.3 Å². The van der Waals surface area contributed by atoms with E-state index in [1.807, 2.05) is 29.2 Å². The number of aryl methyl sites for hydroxylation is 1. The molecule has 1 saturated heterocycles. The summed E-state index contributed by atoms with van der Waals surface area (Å²) in [5, 5.41) is 0. The lowest BCUT2D eigenvalue weighted by Crippen LogP contribution is -2.58. The van der Waals surface area contributed by atoms with Gasteiger partial charge in [0.1, 0.15) is 5.75 Å². The van der Waals surface area contributed by atoms with Gasteiger partial charge in [0.2, 0.25) is 5.91 Å². The third-order valence-corrected chi connectivity index (χ3v) is 5.49. The van der Waals surface area contributed by atoms with Crippen LogP contribution in [0.5, 0.6) is 5.75 Å². The zero-order valence-corrected chi connectivity index (χ0v) is 17.8. The molecule has 1 fully saturated rings. The maximum atomic E-state index is 12.7. The molecule has 0 spiro atoms. The van der Waals surface area contributed by atoms with Crippen molar-refractivity contribution in [3.63, 3.8) is 0 Å². The monoisotopic (exact) mass is 401 g/mol. The van der Waals surface area contributed by atoms with Crippen molar-refractivity contribution in [1.82, 2.24) is 14.8 Å². The summed E-state index contributed by atoms with van der Waals surface area (Å²) in [6.45, 7) is 7.43. The first-order valence-corrected chi connectivity index (χ1v) is 10.1. The highest BCUT2D eigenvalue weighted by atomic mass is 16.5. The molecule has 1 aromatic heterocycles. The van der Waals surface area contributed by atoms with Gasteiger partial charge in [-0.3, -0.25) is 9.69 Å². The highest BCUT2D eigenvalue weighted by Gasteiger charge is 2.31. The molecule has 7 nitrogen and oxygen atoms in total. The minimum Gasteiger partial charge on any atom is -0.497 e. The molecule has 1 amide bonds. The lowest BCUT2D eigenvalue weighted by Gasteiger charge is -2.44. The quantitative estimate of drug-likeness (QED) is 0.678. The van der Waals surface area contributed by atoms with Crippen LogP contribution in [0.1, 0.15) is 26.2 Å². The van der Waals surface area contributed by atoms with Gasteiger partial charge in [0.25, 0.3) is 0 Å². The minimum atomic E-state index is 0.152. The molecule has 0 bridgehead atoms. The summed E-state index contributed by atoms with van der Waals surface area (Å²) >= 11 is 0. The second-order valence-corrected chi connectivity index (χ2v) is 7.57. The Morgan fingerprint density at radius 2 is 1.86 bits per heavy atom. The Labute approximate surface area is 172 Å². The Kier molecular flexibility index (Phi) is 7.28. The maximum absolute atomic E-state index is 12.7. The number of carbonyl (C=O) groups excluding carboxylic acids is 1. The van der Waals surface area contributed by atoms with Gasteiger partial charge in [0, 0.05) is 57.2 Å². The van der Waals surface area contributed by atoms with E-state index in [1.54, 1.807) is 20.4 Å². The fourth-order valence-electron chi connectivity index (χ4n) is 3.88.